The van der Waals surface area contributed by atoms with E-state index in [1.807, 2.05) is 19.2 Å². The number of nitrogens with zero attached hydrogens (tertiary/aromatic N) is 1. The van der Waals surface area contributed by atoms with Gasteiger partial charge in [-0.25, -0.2) is 0 Å². The molecule has 1 heterocycles. The zero-order valence-electron chi connectivity index (χ0n) is 8.21. The first-order valence-electron chi connectivity index (χ1n) is 4.39. The van der Waals surface area contributed by atoms with Gasteiger partial charge in [-0.3, -0.25) is 0 Å². The van der Waals surface area contributed by atoms with Crippen LogP contribution in [0.5, 0.6) is 11.5 Å². The van der Waals surface area contributed by atoms with E-state index in [2.05, 4.69) is 27.8 Å². The van der Waals surface area contributed by atoms with Crippen molar-refractivity contribution >= 4 is 21.6 Å². The van der Waals surface area contributed by atoms with E-state index in [4.69, 9.17) is 9.47 Å². The molecule has 0 saturated carbocycles. The van der Waals surface area contributed by atoms with Gasteiger partial charge in [0.2, 0.25) is 6.79 Å². The van der Waals surface area contributed by atoms with Crippen LogP contribution in [-0.4, -0.2) is 19.3 Å². The Morgan fingerprint density at radius 1 is 1.36 bits per heavy atom. The number of ether oxygens (including phenoxy) is 2. The van der Waals surface area contributed by atoms with Gasteiger partial charge in [0.1, 0.15) is 0 Å². The Balaban J connectivity index is 2.42. The van der Waals surface area contributed by atoms with E-state index in [1.54, 1.807) is 0 Å². The molecular weight excluding hydrogens is 246 g/mol. The summed E-state index contributed by atoms with van der Waals surface area (Å²) in [6, 6.07) is 4.02. The van der Waals surface area contributed by atoms with Crippen molar-refractivity contribution in [3.8, 4) is 11.5 Å². The van der Waals surface area contributed by atoms with Crippen LogP contribution in [0.3, 0.4) is 0 Å². The third-order valence-corrected chi connectivity index (χ3v) is 3.03. The molecule has 3 nitrogen and oxygen atoms in total. The SMILES string of the molecule is Cc1cc2c(cc1N(C)CBr)OCO2. The monoisotopic (exact) mass is 257 g/mol. The molecule has 0 bridgehead atoms. The minimum Gasteiger partial charge on any atom is -0.454 e. The topological polar surface area (TPSA) is 21.7 Å². The lowest BCUT2D eigenvalue weighted by atomic mass is 10.1. The van der Waals surface area contributed by atoms with Crippen molar-refractivity contribution < 1.29 is 9.47 Å². The second-order valence-corrected chi connectivity index (χ2v) is 3.81. The number of rotatable bonds is 2. The third kappa shape index (κ3) is 1.54. The van der Waals surface area contributed by atoms with Crippen molar-refractivity contribution in [2.24, 2.45) is 0 Å². The standard InChI is InChI=1S/C10H12BrNO2/c1-7-3-9-10(14-6-13-9)4-8(7)12(2)5-11/h3-4H,5-6H2,1-2H3. The summed E-state index contributed by atoms with van der Waals surface area (Å²) in [7, 11) is 2.03. The first-order chi connectivity index (χ1) is 6.72. The summed E-state index contributed by atoms with van der Waals surface area (Å²) in [6.07, 6.45) is 0. The first-order valence-corrected chi connectivity index (χ1v) is 5.52. The van der Waals surface area contributed by atoms with Gasteiger partial charge < -0.3 is 14.4 Å². The van der Waals surface area contributed by atoms with E-state index in [1.165, 1.54) is 5.56 Å². The van der Waals surface area contributed by atoms with Gasteiger partial charge in [0, 0.05) is 18.8 Å². The first kappa shape index (κ1) is 9.65. The highest BCUT2D eigenvalue weighted by Gasteiger charge is 2.16. The minimum atomic E-state index is 0.330. The largest absolute Gasteiger partial charge is 0.454 e. The van der Waals surface area contributed by atoms with Crippen molar-refractivity contribution in [2.75, 3.05) is 24.2 Å². The number of halogens is 1. The molecule has 0 aromatic heterocycles. The molecule has 0 aliphatic carbocycles. The van der Waals surface area contributed by atoms with Crippen LogP contribution in [0.25, 0.3) is 0 Å². The summed E-state index contributed by atoms with van der Waals surface area (Å²) >= 11 is 3.42. The molecule has 1 aromatic carbocycles. The highest BCUT2D eigenvalue weighted by atomic mass is 79.9. The number of hydrogen-bond acceptors (Lipinski definition) is 3. The van der Waals surface area contributed by atoms with Crippen LogP contribution < -0.4 is 14.4 Å². The van der Waals surface area contributed by atoms with E-state index >= 15 is 0 Å². The molecule has 2 rings (SSSR count). The van der Waals surface area contributed by atoms with Gasteiger partial charge in [0.05, 0.1) is 5.45 Å². The predicted octanol–water partition coefficient (Wildman–Crippen LogP) is 2.51. The molecule has 76 valence electrons. The van der Waals surface area contributed by atoms with E-state index in [0.717, 1.165) is 22.6 Å². The Morgan fingerprint density at radius 3 is 2.64 bits per heavy atom. The van der Waals surface area contributed by atoms with Crippen LogP contribution >= 0.6 is 15.9 Å². The molecule has 0 radical (unpaired) electrons. The average molecular weight is 258 g/mol. The van der Waals surface area contributed by atoms with Crippen LogP contribution in [0.15, 0.2) is 12.1 Å². The Labute approximate surface area is 91.7 Å². The van der Waals surface area contributed by atoms with Gasteiger partial charge >= 0.3 is 0 Å². The van der Waals surface area contributed by atoms with Crippen molar-refractivity contribution in [1.82, 2.24) is 0 Å². The van der Waals surface area contributed by atoms with E-state index in [-0.39, 0.29) is 0 Å². The molecular formula is C10H12BrNO2. The second kappa shape index (κ2) is 3.69. The highest BCUT2D eigenvalue weighted by molar-refractivity contribution is 9.09. The zero-order chi connectivity index (χ0) is 10.1. The maximum Gasteiger partial charge on any atom is 0.231 e. The van der Waals surface area contributed by atoms with Crippen LogP contribution in [0.4, 0.5) is 5.69 Å². The van der Waals surface area contributed by atoms with Crippen LogP contribution in [0.1, 0.15) is 5.56 Å². The zero-order valence-corrected chi connectivity index (χ0v) is 9.80. The quantitative estimate of drug-likeness (QED) is 0.601. The summed E-state index contributed by atoms with van der Waals surface area (Å²) in [5.41, 5.74) is 3.15. The fraction of sp³-hybridized carbons (Fsp3) is 0.400. The van der Waals surface area contributed by atoms with Gasteiger partial charge in [-0.1, -0.05) is 15.9 Å². The Kier molecular flexibility index (Phi) is 2.54. The summed E-state index contributed by atoms with van der Waals surface area (Å²) < 4.78 is 10.6. The third-order valence-electron chi connectivity index (χ3n) is 2.28. The van der Waals surface area contributed by atoms with Gasteiger partial charge in [0.25, 0.3) is 0 Å². The Hall–Kier alpha value is -0.900. The molecule has 1 aliphatic rings. The lowest BCUT2D eigenvalue weighted by molar-refractivity contribution is 0.174. The lowest BCUT2D eigenvalue weighted by Crippen LogP contribution is -2.14. The molecule has 1 aliphatic heterocycles. The summed E-state index contributed by atoms with van der Waals surface area (Å²) in [6.45, 7) is 2.40. The second-order valence-electron chi connectivity index (χ2n) is 3.31. The fourth-order valence-electron chi connectivity index (χ4n) is 1.51. The molecule has 0 N–H and O–H groups in total. The Morgan fingerprint density at radius 2 is 2.00 bits per heavy atom. The molecule has 1 aromatic rings. The number of aryl methyl sites for hydroxylation is 1. The normalized spacial score (nSPS) is 13.1. The average Bonchev–Trinajstić information content (AvgIpc) is 2.62. The molecule has 0 unspecified atom stereocenters. The van der Waals surface area contributed by atoms with Crippen LogP contribution in [0.2, 0.25) is 0 Å². The fourth-order valence-corrected chi connectivity index (χ4v) is 1.78. The van der Waals surface area contributed by atoms with Crippen molar-refractivity contribution in [2.45, 2.75) is 6.92 Å². The number of alkyl halides is 1. The summed E-state index contributed by atoms with van der Waals surface area (Å²) in [5, 5.41) is 0. The van der Waals surface area contributed by atoms with Gasteiger partial charge in [-0.05, 0) is 18.6 Å². The van der Waals surface area contributed by atoms with Crippen molar-refractivity contribution in [3.05, 3.63) is 17.7 Å². The Bertz CT molecular complexity index is 354. The number of benzene rings is 1. The highest BCUT2D eigenvalue weighted by Crippen LogP contribution is 2.37. The smallest absolute Gasteiger partial charge is 0.231 e. The van der Waals surface area contributed by atoms with Gasteiger partial charge in [-0.15, -0.1) is 0 Å². The van der Waals surface area contributed by atoms with E-state index in [9.17, 15) is 0 Å². The summed E-state index contributed by atoms with van der Waals surface area (Å²) in [4.78, 5) is 2.11. The molecule has 14 heavy (non-hydrogen) atoms. The van der Waals surface area contributed by atoms with E-state index < -0.39 is 0 Å². The molecule has 0 atom stereocenters. The number of anilines is 1. The molecule has 0 amide bonds. The minimum absolute atomic E-state index is 0.330. The lowest BCUT2D eigenvalue weighted by Gasteiger charge is -2.18. The summed E-state index contributed by atoms with van der Waals surface area (Å²) in [5.74, 6) is 1.67. The van der Waals surface area contributed by atoms with Crippen LogP contribution in [0, 0.1) is 6.92 Å². The maximum absolute atomic E-state index is 5.32. The van der Waals surface area contributed by atoms with Gasteiger partial charge in [-0.2, -0.15) is 0 Å². The van der Waals surface area contributed by atoms with E-state index in [0.29, 0.717) is 6.79 Å². The van der Waals surface area contributed by atoms with Crippen LogP contribution in [-0.2, 0) is 0 Å². The van der Waals surface area contributed by atoms with Crippen molar-refractivity contribution in [3.63, 3.8) is 0 Å². The molecule has 0 fully saturated rings. The van der Waals surface area contributed by atoms with Gasteiger partial charge in [0.15, 0.2) is 11.5 Å². The predicted molar refractivity (Wildman–Crippen MR) is 59.5 cm³/mol. The molecule has 0 saturated heterocycles. The molecule has 4 heteroatoms. The number of fused-ring (bicyclic) bond motifs is 1. The maximum atomic E-state index is 5.32. The molecule has 0 spiro atoms. The van der Waals surface area contributed by atoms with Crippen molar-refractivity contribution in [1.29, 1.82) is 0 Å². The number of hydrogen-bond donors (Lipinski definition) is 0.